The molecule has 9 heteroatoms. The van der Waals surface area contributed by atoms with Gasteiger partial charge in [0, 0.05) is 24.5 Å². The predicted molar refractivity (Wildman–Crippen MR) is 87.7 cm³/mol. The van der Waals surface area contributed by atoms with Crippen LogP contribution in [0.15, 0.2) is 41.6 Å². The number of aromatic nitrogens is 2. The molecule has 1 aromatic carbocycles. The average Bonchev–Trinajstić information content (AvgIpc) is 3.11. The third-order valence-electron chi connectivity index (χ3n) is 3.38. The predicted octanol–water partition coefficient (Wildman–Crippen LogP) is 0.389. The van der Waals surface area contributed by atoms with E-state index in [1.165, 1.54) is 24.3 Å². The van der Waals surface area contributed by atoms with Crippen LogP contribution in [0.1, 0.15) is 29.5 Å². The smallest absolute Gasteiger partial charge is 0.251 e. The zero-order valence-electron chi connectivity index (χ0n) is 13.2. The molecule has 1 atom stereocenters. The van der Waals surface area contributed by atoms with E-state index >= 15 is 0 Å². The van der Waals surface area contributed by atoms with Gasteiger partial charge < -0.3 is 15.4 Å². The number of nitrogens with zero attached hydrogens (tertiary/aromatic N) is 1. The number of H-pyrrole nitrogens is 1. The summed E-state index contributed by atoms with van der Waals surface area (Å²) >= 11 is 0. The molecule has 0 aliphatic heterocycles. The highest BCUT2D eigenvalue weighted by Gasteiger charge is 2.16. The Morgan fingerprint density at radius 2 is 2.04 bits per heavy atom. The highest BCUT2D eigenvalue weighted by molar-refractivity contribution is 7.89. The fraction of sp³-hybridized carbons (Fsp3) is 0.333. The van der Waals surface area contributed by atoms with E-state index in [0.29, 0.717) is 17.8 Å². The molecule has 8 nitrogen and oxygen atoms in total. The number of hydrogen-bond acceptors (Lipinski definition) is 5. The number of carbonyl (C=O) groups is 1. The molecule has 130 valence electrons. The van der Waals surface area contributed by atoms with Crippen molar-refractivity contribution < 1.29 is 18.3 Å². The molecule has 0 aliphatic rings. The molecule has 0 spiro atoms. The number of rotatable bonds is 8. The van der Waals surface area contributed by atoms with E-state index in [2.05, 4.69) is 20.0 Å². The van der Waals surface area contributed by atoms with Gasteiger partial charge in [-0.2, -0.15) is 0 Å². The SMILES string of the molecule is CC[C@@H](O)CNS(=O)(=O)c1ccc(C(=O)NCc2ncc[nH]2)cc1. The number of amides is 1. The molecule has 0 radical (unpaired) electrons. The van der Waals surface area contributed by atoms with Crippen LogP contribution < -0.4 is 10.0 Å². The second-order valence-corrected chi connectivity index (χ2v) is 6.92. The van der Waals surface area contributed by atoms with Crippen molar-refractivity contribution >= 4 is 15.9 Å². The van der Waals surface area contributed by atoms with E-state index in [4.69, 9.17) is 0 Å². The molecule has 0 saturated carbocycles. The lowest BCUT2D eigenvalue weighted by atomic mass is 10.2. The van der Waals surface area contributed by atoms with E-state index in [-0.39, 0.29) is 23.9 Å². The molecule has 0 saturated heterocycles. The number of imidazole rings is 1. The van der Waals surface area contributed by atoms with Crippen LogP contribution in [0.3, 0.4) is 0 Å². The van der Waals surface area contributed by atoms with Gasteiger partial charge in [-0.05, 0) is 30.7 Å². The van der Waals surface area contributed by atoms with Gasteiger partial charge in [0.2, 0.25) is 10.0 Å². The molecule has 0 aliphatic carbocycles. The normalized spacial score (nSPS) is 12.8. The van der Waals surface area contributed by atoms with Crippen molar-refractivity contribution in [2.75, 3.05) is 6.54 Å². The van der Waals surface area contributed by atoms with Crippen LogP contribution in [0.2, 0.25) is 0 Å². The Balaban J connectivity index is 1.97. The minimum Gasteiger partial charge on any atom is -0.392 e. The number of nitrogens with one attached hydrogen (secondary N) is 3. The van der Waals surface area contributed by atoms with Crippen LogP contribution in [0.4, 0.5) is 0 Å². The fourth-order valence-corrected chi connectivity index (χ4v) is 2.95. The van der Waals surface area contributed by atoms with E-state index in [1.54, 1.807) is 19.3 Å². The van der Waals surface area contributed by atoms with Gasteiger partial charge in [0.1, 0.15) is 5.82 Å². The van der Waals surface area contributed by atoms with Gasteiger partial charge in [-0.25, -0.2) is 18.1 Å². The number of aromatic amines is 1. The molecule has 24 heavy (non-hydrogen) atoms. The van der Waals surface area contributed by atoms with Crippen LogP contribution in [0.25, 0.3) is 0 Å². The summed E-state index contributed by atoms with van der Waals surface area (Å²) in [6.45, 7) is 1.96. The van der Waals surface area contributed by atoms with Gasteiger partial charge >= 0.3 is 0 Å². The Kier molecular flexibility index (Phi) is 6.07. The van der Waals surface area contributed by atoms with Gasteiger partial charge in [0.25, 0.3) is 5.91 Å². The van der Waals surface area contributed by atoms with Crippen molar-refractivity contribution in [2.45, 2.75) is 30.9 Å². The van der Waals surface area contributed by atoms with Crippen LogP contribution >= 0.6 is 0 Å². The molecule has 4 N–H and O–H groups in total. The molecule has 1 heterocycles. The number of aliphatic hydroxyl groups is 1. The summed E-state index contributed by atoms with van der Waals surface area (Å²) in [6, 6.07) is 5.56. The first-order valence-corrected chi connectivity index (χ1v) is 8.95. The summed E-state index contributed by atoms with van der Waals surface area (Å²) in [5.74, 6) is 0.297. The van der Waals surface area contributed by atoms with Crippen molar-refractivity contribution in [1.29, 1.82) is 0 Å². The Hall–Kier alpha value is -2.23. The number of carbonyl (C=O) groups excluding carboxylic acids is 1. The van der Waals surface area contributed by atoms with Gasteiger partial charge in [-0.3, -0.25) is 4.79 Å². The Morgan fingerprint density at radius 3 is 2.62 bits per heavy atom. The number of sulfonamides is 1. The Bertz CT molecular complexity index is 757. The van der Waals surface area contributed by atoms with Gasteiger partial charge in [-0.15, -0.1) is 0 Å². The van der Waals surface area contributed by atoms with Crippen molar-refractivity contribution in [1.82, 2.24) is 20.0 Å². The largest absolute Gasteiger partial charge is 0.392 e. The lowest BCUT2D eigenvalue weighted by Crippen LogP contribution is -2.31. The quantitative estimate of drug-likeness (QED) is 0.547. The summed E-state index contributed by atoms with van der Waals surface area (Å²) < 4.78 is 26.5. The van der Waals surface area contributed by atoms with E-state index in [9.17, 15) is 18.3 Å². The molecule has 1 amide bonds. The Morgan fingerprint density at radius 1 is 1.33 bits per heavy atom. The Labute approximate surface area is 140 Å². The first-order valence-electron chi connectivity index (χ1n) is 7.46. The second kappa shape index (κ2) is 8.04. The van der Waals surface area contributed by atoms with Crippen LogP contribution in [0.5, 0.6) is 0 Å². The summed E-state index contributed by atoms with van der Waals surface area (Å²) in [4.78, 5) is 18.9. The summed E-state index contributed by atoms with van der Waals surface area (Å²) in [5, 5.41) is 12.1. The number of aliphatic hydroxyl groups excluding tert-OH is 1. The molecular weight excluding hydrogens is 332 g/mol. The minimum atomic E-state index is -3.71. The van der Waals surface area contributed by atoms with E-state index in [0.717, 1.165) is 0 Å². The summed E-state index contributed by atoms with van der Waals surface area (Å²) in [6.07, 6.45) is 2.97. The highest BCUT2D eigenvalue weighted by Crippen LogP contribution is 2.11. The first-order chi connectivity index (χ1) is 11.4. The monoisotopic (exact) mass is 352 g/mol. The molecule has 2 aromatic rings. The van der Waals surface area contributed by atoms with Gasteiger partial charge in [0.15, 0.2) is 0 Å². The topological polar surface area (TPSA) is 124 Å². The minimum absolute atomic E-state index is 0.0355. The third-order valence-corrected chi connectivity index (χ3v) is 4.82. The highest BCUT2D eigenvalue weighted by atomic mass is 32.2. The molecule has 2 rings (SSSR count). The zero-order chi connectivity index (χ0) is 17.6. The van der Waals surface area contributed by atoms with Crippen molar-refractivity contribution in [3.8, 4) is 0 Å². The van der Waals surface area contributed by atoms with Crippen LogP contribution in [0, 0.1) is 0 Å². The maximum Gasteiger partial charge on any atom is 0.251 e. The first kappa shape index (κ1) is 18.1. The molecule has 0 unspecified atom stereocenters. The van der Waals surface area contributed by atoms with Crippen molar-refractivity contribution in [3.05, 3.63) is 48.0 Å². The standard InChI is InChI=1S/C15H20N4O4S/c1-2-12(20)9-19-24(22,23)13-5-3-11(4-6-13)15(21)18-10-14-16-7-8-17-14/h3-8,12,19-20H,2,9-10H2,1H3,(H,16,17)(H,18,21)/t12-/m1/s1. The van der Waals surface area contributed by atoms with Gasteiger partial charge in [0.05, 0.1) is 17.5 Å². The fourth-order valence-electron chi connectivity index (χ4n) is 1.88. The average molecular weight is 352 g/mol. The number of hydrogen-bond donors (Lipinski definition) is 4. The molecular formula is C15H20N4O4S. The van der Waals surface area contributed by atoms with Crippen molar-refractivity contribution in [3.63, 3.8) is 0 Å². The lowest BCUT2D eigenvalue weighted by Gasteiger charge is -2.10. The number of benzene rings is 1. The van der Waals surface area contributed by atoms with Gasteiger partial charge in [-0.1, -0.05) is 6.92 Å². The second-order valence-electron chi connectivity index (χ2n) is 5.16. The molecule has 0 fully saturated rings. The van der Waals surface area contributed by atoms with Crippen LogP contribution in [-0.2, 0) is 16.6 Å². The van der Waals surface area contributed by atoms with Crippen molar-refractivity contribution in [2.24, 2.45) is 0 Å². The zero-order valence-corrected chi connectivity index (χ0v) is 14.0. The maximum atomic E-state index is 12.1. The lowest BCUT2D eigenvalue weighted by molar-refractivity contribution is 0.0950. The molecule has 0 bridgehead atoms. The molecule has 1 aromatic heterocycles. The maximum absolute atomic E-state index is 12.1. The van der Waals surface area contributed by atoms with E-state index < -0.39 is 16.1 Å². The summed E-state index contributed by atoms with van der Waals surface area (Å²) in [5.41, 5.74) is 0.342. The van der Waals surface area contributed by atoms with Crippen LogP contribution in [-0.4, -0.2) is 42.0 Å². The summed E-state index contributed by atoms with van der Waals surface area (Å²) in [7, 11) is -3.71. The van der Waals surface area contributed by atoms with E-state index in [1.807, 2.05) is 0 Å². The third kappa shape index (κ3) is 4.88.